The summed E-state index contributed by atoms with van der Waals surface area (Å²) in [5.74, 6) is 2.36. The number of halogens is 2. The van der Waals surface area contributed by atoms with Crippen molar-refractivity contribution in [3.63, 3.8) is 0 Å². The van der Waals surface area contributed by atoms with Gasteiger partial charge >= 0.3 is 0 Å². The molecule has 1 saturated heterocycles. The van der Waals surface area contributed by atoms with Crippen molar-refractivity contribution in [3.8, 4) is 0 Å². The summed E-state index contributed by atoms with van der Waals surface area (Å²) in [5.41, 5.74) is 1.32. The first-order valence-corrected chi connectivity index (χ1v) is 7.94. The Kier molecular flexibility index (Phi) is 4.26. The molecule has 1 aliphatic heterocycles. The van der Waals surface area contributed by atoms with Crippen LogP contribution in [0.5, 0.6) is 0 Å². The van der Waals surface area contributed by atoms with Gasteiger partial charge in [0.2, 0.25) is 0 Å². The van der Waals surface area contributed by atoms with Crippen molar-refractivity contribution < 1.29 is 0 Å². The quantitative estimate of drug-likeness (QED) is 0.809. The molecule has 0 aromatic carbocycles. The topological polar surface area (TPSA) is 24.9 Å². The highest BCUT2D eigenvalue weighted by Crippen LogP contribution is 2.35. The van der Waals surface area contributed by atoms with Crippen molar-refractivity contribution in [2.75, 3.05) is 16.8 Å². The molecule has 0 spiro atoms. The molecule has 1 atom stereocenters. The highest BCUT2D eigenvalue weighted by Gasteiger charge is 2.28. The molecule has 17 heavy (non-hydrogen) atoms. The Morgan fingerprint density at radius 3 is 3.06 bits per heavy atom. The van der Waals surface area contributed by atoms with E-state index in [1.807, 2.05) is 17.8 Å². The molecule has 2 nitrogen and oxygen atoms in total. The summed E-state index contributed by atoms with van der Waals surface area (Å²) in [6.45, 7) is 4.63. The molecular weight excluding hydrogens is 320 g/mol. The highest BCUT2D eigenvalue weighted by atomic mass is 79.9. The lowest BCUT2D eigenvalue weighted by Crippen LogP contribution is -2.35. The monoisotopic (exact) mass is 334 g/mol. The zero-order valence-electron chi connectivity index (χ0n) is 9.96. The Labute approximate surface area is 120 Å². The second kappa shape index (κ2) is 5.37. The molecule has 0 amide bonds. The fraction of sp³-hybridized carbons (Fsp3) is 0.583. The van der Waals surface area contributed by atoms with Gasteiger partial charge < -0.3 is 5.32 Å². The minimum atomic E-state index is 0.395. The Hall–Kier alpha value is 0.0700. The van der Waals surface area contributed by atoms with E-state index >= 15 is 0 Å². The van der Waals surface area contributed by atoms with Gasteiger partial charge in [-0.2, -0.15) is 11.8 Å². The summed E-state index contributed by atoms with van der Waals surface area (Å²) in [5, 5.41) is 4.04. The number of hydrogen-bond donors (Lipinski definition) is 1. The van der Waals surface area contributed by atoms with Crippen LogP contribution in [0.15, 0.2) is 16.7 Å². The Morgan fingerprint density at radius 2 is 2.35 bits per heavy atom. The maximum absolute atomic E-state index is 6.09. The lowest BCUT2D eigenvalue weighted by molar-refractivity contribution is 0.358. The summed E-state index contributed by atoms with van der Waals surface area (Å²) in [6.07, 6.45) is 2.88. The molecular formula is C12H16BrClN2S. The van der Waals surface area contributed by atoms with Crippen LogP contribution >= 0.6 is 39.3 Å². The van der Waals surface area contributed by atoms with Gasteiger partial charge in [-0.1, -0.05) is 25.4 Å². The van der Waals surface area contributed by atoms with E-state index in [2.05, 4.69) is 40.1 Å². The second-order valence-corrected chi connectivity index (χ2v) is 7.52. The van der Waals surface area contributed by atoms with Crippen molar-refractivity contribution in [2.24, 2.45) is 5.41 Å². The molecule has 94 valence electrons. The third-order valence-electron chi connectivity index (χ3n) is 2.78. The molecule has 1 unspecified atom stereocenters. The summed E-state index contributed by atoms with van der Waals surface area (Å²) in [7, 11) is 0. The minimum Gasteiger partial charge on any atom is -0.379 e. The molecule has 1 fully saturated rings. The molecule has 0 aliphatic carbocycles. The van der Waals surface area contributed by atoms with Crippen molar-refractivity contribution in [3.05, 3.63) is 21.9 Å². The average Bonchev–Trinajstić information content (AvgIpc) is 2.22. The van der Waals surface area contributed by atoms with Crippen LogP contribution in [0.2, 0.25) is 5.15 Å². The van der Waals surface area contributed by atoms with Crippen LogP contribution in [0.3, 0.4) is 0 Å². The maximum Gasteiger partial charge on any atom is 0.152 e. The van der Waals surface area contributed by atoms with Gasteiger partial charge in [0.25, 0.3) is 0 Å². The lowest BCUT2D eigenvalue weighted by atomic mass is 9.88. The van der Waals surface area contributed by atoms with E-state index in [1.165, 1.54) is 12.2 Å². The van der Waals surface area contributed by atoms with Crippen LogP contribution in [0.4, 0.5) is 5.69 Å². The molecule has 0 bridgehead atoms. The first kappa shape index (κ1) is 13.5. The Balaban J connectivity index is 2.07. The molecule has 0 radical (unpaired) electrons. The van der Waals surface area contributed by atoms with E-state index < -0.39 is 0 Å². The SMILES string of the molecule is CC1(C)CSCC(Nc2cc(Br)cnc2Cl)C1. The van der Waals surface area contributed by atoms with E-state index in [9.17, 15) is 0 Å². The van der Waals surface area contributed by atoms with Crippen LogP contribution in [-0.4, -0.2) is 22.5 Å². The van der Waals surface area contributed by atoms with Gasteiger partial charge in [-0.3, -0.25) is 0 Å². The van der Waals surface area contributed by atoms with Crippen molar-refractivity contribution >= 4 is 45.0 Å². The van der Waals surface area contributed by atoms with E-state index in [0.717, 1.165) is 15.9 Å². The summed E-state index contributed by atoms with van der Waals surface area (Å²) < 4.78 is 0.951. The zero-order valence-corrected chi connectivity index (χ0v) is 13.1. The van der Waals surface area contributed by atoms with Gasteiger partial charge in [-0.25, -0.2) is 4.98 Å². The van der Waals surface area contributed by atoms with Crippen LogP contribution in [0.25, 0.3) is 0 Å². The van der Waals surface area contributed by atoms with Gasteiger partial charge in [-0.05, 0) is 39.6 Å². The third kappa shape index (κ3) is 3.76. The van der Waals surface area contributed by atoms with Crippen LogP contribution in [0, 0.1) is 5.41 Å². The molecule has 2 rings (SSSR count). The van der Waals surface area contributed by atoms with Crippen molar-refractivity contribution in [1.82, 2.24) is 4.98 Å². The van der Waals surface area contributed by atoms with Gasteiger partial charge in [0.05, 0.1) is 5.69 Å². The van der Waals surface area contributed by atoms with Crippen LogP contribution < -0.4 is 5.32 Å². The first-order valence-electron chi connectivity index (χ1n) is 5.62. The smallest absolute Gasteiger partial charge is 0.152 e. The number of aromatic nitrogens is 1. The molecule has 1 N–H and O–H groups in total. The maximum atomic E-state index is 6.09. The largest absolute Gasteiger partial charge is 0.379 e. The third-order valence-corrected chi connectivity index (χ3v) is 5.13. The number of anilines is 1. The summed E-state index contributed by atoms with van der Waals surface area (Å²) in [4.78, 5) is 4.13. The van der Waals surface area contributed by atoms with E-state index in [4.69, 9.17) is 11.6 Å². The van der Waals surface area contributed by atoms with Crippen molar-refractivity contribution in [1.29, 1.82) is 0 Å². The van der Waals surface area contributed by atoms with Crippen LogP contribution in [0.1, 0.15) is 20.3 Å². The van der Waals surface area contributed by atoms with Gasteiger partial charge in [0, 0.05) is 22.5 Å². The van der Waals surface area contributed by atoms with E-state index in [0.29, 0.717) is 16.6 Å². The lowest BCUT2D eigenvalue weighted by Gasteiger charge is -2.35. The molecule has 5 heteroatoms. The standard InChI is InChI=1S/C12H16BrClN2S/c1-12(2)4-9(6-17-7-12)16-10-3-8(13)5-15-11(10)14/h3,5,9,16H,4,6-7H2,1-2H3. The highest BCUT2D eigenvalue weighted by molar-refractivity contribution is 9.10. The van der Waals surface area contributed by atoms with Crippen LogP contribution in [-0.2, 0) is 0 Å². The average molecular weight is 336 g/mol. The summed E-state index contributed by atoms with van der Waals surface area (Å²) >= 11 is 11.5. The minimum absolute atomic E-state index is 0.395. The Morgan fingerprint density at radius 1 is 1.59 bits per heavy atom. The molecule has 1 aromatic heterocycles. The predicted octanol–water partition coefficient (Wildman–Crippen LogP) is 4.44. The first-order chi connectivity index (χ1) is 7.96. The molecule has 0 saturated carbocycles. The van der Waals surface area contributed by atoms with Gasteiger partial charge in [0.1, 0.15) is 0 Å². The van der Waals surface area contributed by atoms with Gasteiger partial charge in [0.15, 0.2) is 5.15 Å². The predicted molar refractivity (Wildman–Crippen MR) is 80.1 cm³/mol. The number of pyridine rings is 1. The number of hydrogen-bond acceptors (Lipinski definition) is 3. The second-order valence-electron chi connectivity index (χ2n) is 5.22. The van der Waals surface area contributed by atoms with Crippen molar-refractivity contribution in [2.45, 2.75) is 26.3 Å². The fourth-order valence-corrected chi connectivity index (χ4v) is 3.86. The van der Waals surface area contributed by atoms with Gasteiger partial charge in [-0.15, -0.1) is 0 Å². The van der Waals surface area contributed by atoms with E-state index in [-0.39, 0.29) is 0 Å². The Bertz CT molecular complexity index is 411. The number of nitrogens with zero attached hydrogens (tertiary/aromatic N) is 1. The molecule has 2 heterocycles. The van der Waals surface area contributed by atoms with E-state index in [1.54, 1.807) is 6.20 Å². The number of thioether (sulfide) groups is 1. The molecule has 1 aromatic rings. The zero-order chi connectivity index (χ0) is 12.5. The molecule has 1 aliphatic rings. The normalized spacial score (nSPS) is 23.4. The number of rotatable bonds is 2. The fourth-order valence-electron chi connectivity index (χ4n) is 2.10. The number of nitrogens with one attached hydrogen (secondary N) is 1. The summed E-state index contributed by atoms with van der Waals surface area (Å²) in [6, 6.07) is 2.46.